The van der Waals surface area contributed by atoms with E-state index in [9.17, 15) is 9.59 Å². The Morgan fingerprint density at radius 2 is 1.19 bits per heavy atom. The predicted molar refractivity (Wildman–Crippen MR) is 320 cm³/mol. The highest BCUT2D eigenvalue weighted by Gasteiger charge is 2.34. The highest BCUT2D eigenvalue weighted by molar-refractivity contribution is 6.42. The number of nitrogens with zero attached hydrogens (tertiary/aromatic N) is 8. The van der Waals surface area contributed by atoms with E-state index >= 15 is 0 Å². The van der Waals surface area contributed by atoms with Crippen molar-refractivity contribution >= 4 is 91.9 Å². The number of anilines is 2. The van der Waals surface area contributed by atoms with Crippen LogP contribution >= 0.6 is 46.4 Å². The molecular weight excluding hydrogens is 1160 g/mol. The molecule has 8 aromatic rings. The third-order valence-electron chi connectivity index (χ3n) is 14.7. The van der Waals surface area contributed by atoms with Crippen molar-refractivity contribution in [1.29, 1.82) is 0 Å². The van der Waals surface area contributed by atoms with E-state index < -0.39 is 0 Å². The second-order valence-corrected chi connectivity index (χ2v) is 21.5. The van der Waals surface area contributed by atoms with Crippen LogP contribution in [0.3, 0.4) is 0 Å². The molecule has 8 heterocycles. The standard InChI is InChI=1S/C59H56Cl4N12O9/c1-6-47(76)68-39-26-81-28-41(39)71-58-64-20-31-15-37(67-36(55(31)73-58)14-13-30-11-9-8-10-12-30)49-53(62)45(80-5)19-46(54(49)63)84-25-35-17-34(24-83-35)75-23-33(22-66-75)57-56-32(16-38(70-57)50-51(60)43(78-3)18-44(79-4)52(50)61)21-65-59(74-56)72-42-29-82-27-40(42)69-48(77)7-2/h6-12,15-16,18-23,34-35,39-42H,1-2,13-14,17,24-29H2,3-5H3,(H,68,76)(H,69,77)(H,64,71,73)(H,65,72,74)/t34?,35?,39-,40-,41+,42+/m0/s1. The molecule has 2 unspecified atom stereocenters. The molecule has 0 saturated carbocycles. The van der Waals surface area contributed by atoms with E-state index in [1.165, 1.54) is 33.5 Å². The van der Waals surface area contributed by atoms with Crippen LogP contribution in [-0.2, 0) is 36.6 Å². The summed E-state index contributed by atoms with van der Waals surface area (Å²) in [7, 11) is 4.51. The molecule has 6 atom stereocenters. The molecule has 3 saturated heterocycles. The lowest BCUT2D eigenvalue weighted by molar-refractivity contribution is -0.118. The van der Waals surface area contributed by atoms with E-state index in [2.05, 4.69) is 56.5 Å². The first kappa shape index (κ1) is 57.9. The number of carbonyl (C=O) groups is 2. The Morgan fingerprint density at radius 1 is 0.655 bits per heavy atom. The zero-order valence-corrected chi connectivity index (χ0v) is 48.7. The van der Waals surface area contributed by atoms with Crippen LogP contribution in [0, 0.1) is 0 Å². The zero-order chi connectivity index (χ0) is 58.6. The average Bonchev–Trinajstić information content (AvgIpc) is 4.43. The van der Waals surface area contributed by atoms with Crippen LogP contribution in [-0.4, -0.2) is 143 Å². The molecule has 3 aliphatic rings. The number of aryl methyl sites for hydroxylation is 2. The maximum absolute atomic E-state index is 12.2. The number of ether oxygens (including phenoxy) is 7. The van der Waals surface area contributed by atoms with Crippen LogP contribution < -0.4 is 40.2 Å². The molecule has 434 valence electrons. The lowest BCUT2D eigenvalue weighted by atomic mass is 10.0. The van der Waals surface area contributed by atoms with E-state index in [-0.39, 0.29) is 80.8 Å². The first-order valence-corrected chi connectivity index (χ1v) is 28.2. The van der Waals surface area contributed by atoms with Gasteiger partial charge in [0, 0.05) is 64.6 Å². The molecule has 21 nitrogen and oxygen atoms in total. The number of halogens is 4. The number of methoxy groups -OCH3 is 3. The maximum Gasteiger partial charge on any atom is 0.243 e. The summed E-state index contributed by atoms with van der Waals surface area (Å²) >= 11 is 28.4. The second-order valence-electron chi connectivity index (χ2n) is 20.0. The molecule has 3 fully saturated rings. The Bertz CT molecular complexity index is 3790. The fourth-order valence-electron chi connectivity index (χ4n) is 10.3. The monoisotopic (exact) mass is 1220 g/mol. The van der Waals surface area contributed by atoms with Gasteiger partial charge in [0.25, 0.3) is 0 Å². The minimum absolute atomic E-state index is 0.118. The molecule has 4 N–H and O–H groups in total. The molecular formula is C59H56Cl4N12O9. The molecule has 2 amide bonds. The van der Waals surface area contributed by atoms with Gasteiger partial charge in [-0.15, -0.1) is 0 Å². The van der Waals surface area contributed by atoms with Gasteiger partial charge in [0.15, 0.2) is 0 Å². The summed E-state index contributed by atoms with van der Waals surface area (Å²) < 4.78 is 43.1. The van der Waals surface area contributed by atoms with Crippen molar-refractivity contribution in [2.45, 2.75) is 55.6 Å². The highest BCUT2D eigenvalue weighted by atomic mass is 35.5. The fourth-order valence-corrected chi connectivity index (χ4v) is 11.7. The summed E-state index contributed by atoms with van der Waals surface area (Å²) in [4.78, 5) is 54.0. The lowest BCUT2D eigenvalue weighted by Gasteiger charge is -2.20. The molecule has 3 aliphatic heterocycles. The number of hydrogen-bond donors (Lipinski definition) is 4. The number of hydrogen-bond acceptors (Lipinski definition) is 18. The van der Waals surface area contributed by atoms with Gasteiger partial charge in [-0.1, -0.05) is 89.9 Å². The van der Waals surface area contributed by atoms with Crippen molar-refractivity contribution in [1.82, 2.24) is 50.3 Å². The zero-order valence-electron chi connectivity index (χ0n) is 45.7. The molecule has 0 spiro atoms. The first-order valence-electron chi connectivity index (χ1n) is 26.7. The van der Waals surface area contributed by atoms with Crippen LogP contribution in [0.15, 0.2) is 105 Å². The molecule has 0 radical (unpaired) electrons. The van der Waals surface area contributed by atoms with E-state index in [4.69, 9.17) is 105 Å². The topological polar surface area (TPSA) is 242 Å². The third-order valence-corrected chi connectivity index (χ3v) is 16.2. The smallest absolute Gasteiger partial charge is 0.243 e. The summed E-state index contributed by atoms with van der Waals surface area (Å²) in [6, 6.07) is 15.5. The fraction of sp³-hybridized carbons (Fsp3) is 0.305. The second kappa shape index (κ2) is 25.5. The number of rotatable bonds is 21. The quantitative estimate of drug-likeness (QED) is 0.0490. The Morgan fingerprint density at radius 3 is 1.77 bits per heavy atom. The SMILES string of the molecule is C=CC(=O)N[C@H]1COC[C@H]1Nc1ncc2cc(-c3c(Cl)c(OC)cc(OCC4CC(n5cc(-c6nc(-c7c(Cl)c(OC)cc(OC)c7Cl)cc7cnc(N[C@@H]8COC[C@@H]8NC(=O)C=C)nc67)cn5)CO4)c3Cl)nc(CCc3ccccc3)c2n1. The van der Waals surface area contributed by atoms with Crippen LogP contribution in [0.4, 0.5) is 11.9 Å². The molecule has 84 heavy (non-hydrogen) atoms. The number of amides is 2. The Balaban J connectivity index is 0.858. The van der Waals surface area contributed by atoms with Crippen LogP contribution in [0.5, 0.6) is 23.0 Å². The van der Waals surface area contributed by atoms with E-state index in [0.29, 0.717) is 143 Å². The largest absolute Gasteiger partial charge is 0.495 e. The molecule has 3 aromatic carbocycles. The average molecular weight is 1220 g/mol. The molecule has 0 aliphatic carbocycles. The molecule has 0 bridgehead atoms. The Kier molecular flexibility index (Phi) is 17.6. The maximum atomic E-state index is 12.2. The summed E-state index contributed by atoms with van der Waals surface area (Å²) in [5.74, 6) is 1.32. The van der Waals surface area contributed by atoms with Gasteiger partial charge < -0.3 is 54.4 Å². The van der Waals surface area contributed by atoms with Gasteiger partial charge in [0.2, 0.25) is 23.7 Å². The first-order chi connectivity index (χ1) is 40.8. The summed E-state index contributed by atoms with van der Waals surface area (Å²) in [5.41, 5.74) is 5.64. The van der Waals surface area contributed by atoms with Crippen molar-refractivity contribution in [2.75, 3.05) is 71.6 Å². The van der Waals surface area contributed by atoms with Gasteiger partial charge in [-0.25, -0.2) is 24.9 Å². The Hall–Kier alpha value is -7.89. The number of aromatic nitrogens is 8. The Labute approximate surface area is 502 Å². The number of carbonyl (C=O) groups excluding carboxylic acids is 2. The molecule has 25 heteroatoms. The number of pyridine rings is 2. The summed E-state index contributed by atoms with van der Waals surface area (Å²) in [6.07, 6.45) is 10.7. The highest BCUT2D eigenvalue weighted by Crippen LogP contribution is 2.48. The van der Waals surface area contributed by atoms with Gasteiger partial charge in [0.1, 0.15) is 40.8 Å². The third kappa shape index (κ3) is 12.2. The van der Waals surface area contributed by atoms with Crippen LogP contribution in [0.25, 0.3) is 55.6 Å². The number of fused-ring (bicyclic) bond motifs is 2. The molecule has 11 rings (SSSR count). The van der Waals surface area contributed by atoms with Gasteiger partial charge >= 0.3 is 0 Å². The van der Waals surface area contributed by atoms with Gasteiger partial charge in [-0.05, 0) is 42.7 Å². The number of nitrogens with one attached hydrogen (secondary N) is 4. The summed E-state index contributed by atoms with van der Waals surface area (Å²) in [5, 5.41) is 19.5. The molecule has 5 aromatic heterocycles. The van der Waals surface area contributed by atoms with Crippen molar-refractivity contribution in [3.63, 3.8) is 0 Å². The minimum atomic E-state index is -0.382. The van der Waals surface area contributed by atoms with Crippen molar-refractivity contribution in [3.8, 4) is 56.8 Å². The van der Waals surface area contributed by atoms with Crippen molar-refractivity contribution in [2.24, 2.45) is 0 Å². The minimum Gasteiger partial charge on any atom is -0.495 e. The van der Waals surface area contributed by atoms with Gasteiger partial charge in [-0.3, -0.25) is 19.3 Å². The predicted octanol–water partition coefficient (Wildman–Crippen LogP) is 9.36. The van der Waals surface area contributed by atoms with E-state index in [0.717, 1.165) is 5.56 Å². The van der Waals surface area contributed by atoms with Crippen molar-refractivity contribution in [3.05, 3.63) is 136 Å². The van der Waals surface area contributed by atoms with Gasteiger partial charge in [-0.2, -0.15) is 5.10 Å². The van der Waals surface area contributed by atoms with Crippen LogP contribution in [0.1, 0.15) is 23.7 Å². The van der Waals surface area contributed by atoms with Crippen LogP contribution in [0.2, 0.25) is 20.1 Å². The van der Waals surface area contributed by atoms with E-state index in [1.54, 1.807) is 36.8 Å². The van der Waals surface area contributed by atoms with E-state index in [1.807, 2.05) is 35.1 Å². The van der Waals surface area contributed by atoms with Gasteiger partial charge in [0.05, 0.1) is 140 Å². The van der Waals surface area contributed by atoms with Crippen molar-refractivity contribution < 1.29 is 42.7 Å². The normalized spacial score (nSPS) is 19.3. The summed E-state index contributed by atoms with van der Waals surface area (Å²) in [6.45, 7) is 8.85. The lowest BCUT2D eigenvalue weighted by Crippen LogP contribution is -2.45. The number of benzene rings is 3.